The van der Waals surface area contributed by atoms with Crippen LogP contribution in [0.2, 0.25) is 0 Å². The summed E-state index contributed by atoms with van der Waals surface area (Å²) in [5, 5.41) is 3.90. The van der Waals surface area contributed by atoms with E-state index in [9.17, 15) is 0 Å². The van der Waals surface area contributed by atoms with E-state index in [4.69, 9.17) is 5.73 Å². The maximum Gasteiger partial charge on any atom is 0.0138 e. The molecule has 5 atom stereocenters. The topological polar surface area (TPSA) is 41.3 Å². The predicted molar refractivity (Wildman–Crippen MR) is 66.2 cm³/mol. The van der Waals surface area contributed by atoms with Gasteiger partial charge in [-0.1, -0.05) is 12.8 Å². The van der Waals surface area contributed by atoms with E-state index in [-0.39, 0.29) is 0 Å². The molecule has 0 amide bonds. The summed E-state index contributed by atoms with van der Waals surface area (Å²) in [4.78, 5) is 2.45. The maximum absolute atomic E-state index is 6.54. The molecule has 3 fully saturated rings. The molecule has 92 valence electrons. The summed E-state index contributed by atoms with van der Waals surface area (Å²) in [7, 11) is 2.23. The molecule has 0 aromatic carbocycles. The lowest BCUT2D eigenvalue weighted by atomic mass is 9.68. The van der Waals surface area contributed by atoms with Crippen LogP contribution in [0.25, 0.3) is 0 Å². The first-order valence-electron chi connectivity index (χ1n) is 6.96. The van der Waals surface area contributed by atoms with Crippen LogP contribution < -0.4 is 11.1 Å². The monoisotopic (exact) mass is 223 g/mol. The molecule has 3 heteroatoms. The minimum Gasteiger partial charge on any atom is -0.327 e. The molecule has 3 N–H and O–H groups in total. The average molecular weight is 223 g/mol. The first-order valence-corrected chi connectivity index (χ1v) is 6.96. The van der Waals surface area contributed by atoms with Crippen LogP contribution in [0, 0.1) is 11.8 Å². The molecule has 2 saturated heterocycles. The predicted octanol–water partition coefficient (Wildman–Crippen LogP) is 0.796. The second-order valence-corrected chi connectivity index (χ2v) is 6.12. The van der Waals surface area contributed by atoms with Crippen LogP contribution >= 0.6 is 0 Å². The Morgan fingerprint density at radius 2 is 1.81 bits per heavy atom. The van der Waals surface area contributed by atoms with Crippen LogP contribution in [-0.2, 0) is 0 Å². The van der Waals surface area contributed by atoms with Gasteiger partial charge in [0.1, 0.15) is 0 Å². The van der Waals surface area contributed by atoms with Gasteiger partial charge in [-0.3, -0.25) is 0 Å². The summed E-state index contributed by atoms with van der Waals surface area (Å²) in [6, 6.07) is 1.87. The molecule has 1 saturated carbocycles. The van der Waals surface area contributed by atoms with Crippen molar-refractivity contribution < 1.29 is 0 Å². The zero-order chi connectivity index (χ0) is 11.1. The van der Waals surface area contributed by atoms with Crippen molar-refractivity contribution in [3.63, 3.8) is 0 Å². The van der Waals surface area contributed by atoms with Gasteiger partial charge in [0.05, 0.1) is 0 Å². The fraction of sp³-hybridized carbons (Fsp3) is 1.00. The number of nitrogens with one attached hydrogen (secondary N) is 1. The molecular formula is C13H25N3. The van der Waals surface area contributed by atoms with Crippen molar-refractivity contribution in [3.05, 3.63) is 0 Å². The van der Waals surface area contributed by atoms with E-state index >= 15 is 0 Å². The second kappa shape index (κ2) is 4.28. The van der Waals surface area contributed by atoms with Crippen molar-refractivity contribution in [2.24, 2.45) is 17.6 Å². The molecule has 3 nitrogen and oxygen atoms in total. The van der Waals surface area contributed by atoms with Gasteiger partial charge < -0.3 is 16.0 Å². The number of likely N-dealkylation sites (tertiary alicyclic amines) is 1. The third-order valence-corrected chi connectivity index (χ3v) is 5.10. The van der Waals surface area contributed by atoms with Gasteiger partial charge in [-0.2, -0.15) is 0 Å². The number of hydrogen-bond acceptors (Lipinski definition) is 3. The Morgan fingerprint density at radius 3 is 2.69 bits per heavy atom. The van der Waals surface area contributed by atoms with Gasteiger partial charge in [-0.05, 0) is 38.8 Å². The summed E-state index contributed by atoms with van der Waals surface area (Å²) in [6.07, 6.45) is 6.79. The van der Waals surface area contributed by atoms with E-state index in [2.05, 4.69) is 17.3 Å². The van der Waals surface area contributed by atoms with Crippen LogP contribution in [0.5, 0.6) is 0 Å². The van der Waals surface area contributed by atoms with Gasteiger partial charge in [0.2, 0.25) is 0 Å². The lowest BCUT2D eigenvalue weighted by molar-refractivity contribution is 0.0435. The van der Waals surface area contributed by atoms with Crippen molar-refractivity contribution in [1.82, 2.24) is 10.2 Å². The van der Waals surface area contributed by atoms with Gasteiger partial charge in [0.15, 0.2) is 0 Å². The van der Waals surface area contributed by atoms with Crippen molar-refractivity contribution in [3.8, 4) is 0 Å². The van der Waals surface area contributed by atoms with E-state index in [0.29, 0.717) is 18.0 Å². The third kappa shape index (κ3) is 1.79. The van der Waals surface area contributed by atoms with E-state index < -0.39 is 0 Å². The number of nitrogens with zero attached hydrogens (tertiary/aromatic N) is 1. The van der Waals surface area contributed by atoms with Gasteiger partial charge in [0, 0.05) is 30.6 Å². The summed E-state index contributed by atoms with van der Waals surface area (Å²) >= 11 is 0. The zero-order valence-electron chi connectivity index (χ0n) is 10.4. The summed E-state index contributed by atoms with van der Waals surface area (Å²) < 4.78 is 0. The summed E-state index contributed by atoms with van der Waals surface area (Å²) in [6.45, 7) is 2.43. The lowest BCUT2D eigenvalue weighted by Gasteiger charge is -2.52. The van der Waals surface area contributed by atoms with E-state index in [1.807, 2.05) is 0 Å². The van der Waals surface area contributed by atoms with Crippen molar-refractivity contribution >= 4 is 0 Å². The van der Waals surface area contributed by atoms with Crippen molar-refractivity contribution in [2.75, 3.05) is 20.1 Å². The second-order valence-electron chi connectivity index (χ2n) is 6.12. The number of rotatable bonds is 0. The Kier molecular flexibility index (Phi) is 2.94. The van der Waals surface area contributed by atoms with E-state index in [1.54, 1.807) is 0 Å². The molecular weight excluding hydrogens is 198 g/mol. The Bertz CT molecular complexity index is 256. The standard InChI is InChI=1S/C13H25N3/c1-16-7-6-12-10(8-16)13(14)9-4-2-3-5-11(9)15-12/h9-13,15H,2-8,14H2,1H3. The Hall–Kier alpha value is -0.120. The molecule has 0 bridgehead atoms. The summed E-state index contributed by atoms with van der Waals surface area (Å²) in [5.41, 5.74) is 6.54. The Balaban J connectivity index is 1.75. The fourth-order valence-corrected chi connectivity index (χ4v) is 4.17. The molecule has 0 spiro atoms. The number of nitrogens with two attached hydrogens (primary N) is 1. The highest BCUT2D eigenvalue weighted by Crippen LogP contribution is 2.36. The molecule has 2 aliphatic heterocycles. The van der Waals surface area contributed by atoms with E-state index in [1.165, 1.54) is 45.2 Å². The molecule has 0 aromatic rings. The Morgan fingerprint density at radius 1 is 1.06 bits per heavy atom. The van der Waals surface area contributed by atoms with Gasteiger partial charge in [-0.15, -0.1) is 0 Å². The first-order chi connectivity index (χ1) is 7.75. The molecule has 1 aliphatic carbocycles. The van der Waals surface area contributed by atoms with Gasteiger partial charge in [0.25, 0.3) is 0 Å². The highest BCUT2D eigenvalue weighted by molar-refractivity contribution is 5.03. The van der Waals surface area contributed by atoms with E-state index in [0.717, 1.165) is 12.0 Å². The van der Waals surface area contributed by atoms with Gasteiger partial charge >= 0.3 is 0 Å². The highest BCUT2D eigenvalue weighted by atomic mass is 15.1. The number of hydrogen-bond donors (Lipinski definition) is 2. The smallest absolute Gasteiger partial charge is 0.0138 e. The molecule has 16 heavy (non-hydrogen) atoms. The quantitative estimate of drug-likeness (QED) is 0.638. The minimum atomic E-state index is 0.444. The van der Waals surface area contributed by atoms with Crippen LogP contribution in [0.15, 0.2) is 0 Å². The molecule has 0 aromatic heterocycles. The highest BCUT2D eigenvalue weighted by Gasteiger charge is 2.44. The maximum atomic E-state index is 6.54. The SMILES string of the molecule is CN1CCC2NC3CCCCC3C(N)C2C1. The summed E-state index contributed by atoms with van der Waals surface area (Å²) in [5.74, 6) is 1.44. The van der Waals surface area contributed by atoms with Crippen LogP contribution in [0.1, 0.15) is 32.1 Å². The molecule has 0 radical (unpaired) electrons. The van der Waals surface area contributed by atoms with Crippen molar-refractivity contribution in [1.29, 1.82) is 0 Å². The molecule has 3 aliphatic rings. The first kappa shape index (κ1) is 11.0. The Labute approximate surface area is 98.8 Å². The van der Waals surface area contributed by atoms with Crippen LogP contribution in [-0.4, -0.2) is 43.2 Å². The van der Waals surface area contributed by atoms with Crippen molar-refractivity contribution in [2.45, 2.75) is 50.2 Å². The fourth-order valence-electron chi connectivity index (χ4n) is 4.17. The normalized spacial score (nSPS) is 49.5. The molecule has 2 heterocycles. The number of fused-ring (bicyclic) bond motifs is 2. The largest absolute Gasteiger partial charge is 0.327 e. The zero-order valence-corrected chi connectivity index (χ0v) is 10.4. The van der Waals surface area contributed by atoms with Gasteiger partial charge in [-0.25, -0.2) is 0 Å². The minimum absolute atomic E-state index is 0.444. The average Bonchev–Trinajstić information content (AvgIpc) is 2.31. The molecule has 5 unspecified atom stereocenters. The van der Waals surface area contributed by atoms with Crippen LogP contribution in [0.4, 0.5) is 0 Å². The molecule has 3 rings (SSSR count). The lowest BCUT2D eigenvalue weighted by Crippen LogP contribution is -2.66. The number of piperidine rings is 2. The van der Waals surface area contributed by atoms with Crippen LogP contribution in [0.3, 0.4) is 0 Å². The third-order valence-electron chi connectivity index (χ3n) is 5.10.